The molecule has 2 aliphatic carbocycles. The summed E-state index contributed by atoms with van der Waals surface area (Å²) < 4.78 is 54.9. The number of nitrogens with one attached hydrogen (secondary N) is 1. The van der Waals surface area contributed by atoms with Gasteiger partial charge in [-0.1, -0.05) is 65.2 Å². The quantitative estimate of drug-likeness (QED) is 0.116. The number of nitrogens with zero attached hydrogens (tertiary/aromatic N) is 4. The van der Waals surface area contributed by atoms with E-state index in [1.54, 1.807) is 55.5 Å². The molecule has 6 unspecified atom stereocenters. The monoisotopic (exact) mass is 807 g/mol. The predicted octanol–water partition coefficient (Wildman–Crippen LogP) is 7.60. The molecular weight excluding hydrogens is 777 g/mol. The molecule has 1 aromatic heterocycles. The highest BCUT2D eigenvalue weighted by atomic mass is 35.5. The number of para-hydroxylation sites is 1. The molecule has 10 nitrogen and oxygen atoms in total. The molecule has 3 heterocycles. The van der Waals surface area contributed by atoms with Gasteiger partial charge in [0.2, 0.25) is 0 Å². The zero-order valence-corrected chi connectivity index (χ0v) is 31.0. The Morgan fingerprint density at radius 3 is 2.29 bits per heavy atom. The number of hydrogen-bond acceptors (Lipinski definition) is 8. The predicted molar refractivity (Wildman–Crippen MR) is 196 cm³/mol. The number of pyridine rings is 1. The van der Waals surface area contributed by atoms with E-state index in [4.69, 9.17) is 23.2 Å². The summed E-state index contributed by atoms with van der Waals surface area (Å²) in [6, 6.07) is 18.2. The zero-order valence-electron chi connectivity index (χ0n) is 29.5. The van der Waals surface area contributed by atoms with Gasteiger partial charge in [0, 0.05) is 23.6 Å². The fraction of sp³-hybridized carbons (Fsp3) is 0.275. The van der Waals surface area contributed by atoms with E-state index in [0.29, 0.717) is 33.4 Å². The second-order valence-corrected chi connectivity index (χ2v) is 15.2. The molecule has 0 bridgehead atoms. The lowest BCUT2D eigenvalue weighted by Gasteiger charge is -2.50. The minimum atomic E-state index is -4.84. The van der Waals surface area contributed by atoms with E-state index < -0.39 is 82.1 Å². The molecule has 0 spiro atoms. The number of aryl methyl sites for hydroxylation is 1. The second-order valence-electron chi connectivity index (χ2n) is 14.4. The van der Waals surface area contributed by atoms with Gasteiger partial charge in [0.05, 0.1) is 33.9 Å². The molecule has 56 heavy (non-hydrogen) atoms. The molecule has 16 heteroatoms. The highest BCUT2D eigenvalue weighted by Crippen LogP contribution is 2.65. The number of hydrogen-bond donors (Lipinski definition) is 2. The van der Waals surface area contributed by atoms with Gasteiger partial charge in [0.1, 0.15) is 17.3 Å². The van der Waals surface area contributed by atoms with Gasteiger partial charge < -0.3 is 5.11 Å². The number of aromatic nitrogens is 1. The Hall–Kier alpha value is -5.47. The van der Waals surface area contributed by atoms with Crippen LogP contribution in [0.5, 0.6) is 5.75 Å². The minimum absolute atomic E-state index is 0.000707. The van der Waals surface area contributed by atoms with Crippen LogP contribution in [0, 0.1) is 36.4 Å². The summed E-state index contributed by atoms with van der Waals surface area (Å²) in [7, 11) is 1.22. The molecule has 2 saturated heterocycles. The number of imide groups is 2. The van der Waals surface area contributed by atoms with E-state index in [1.165, 1.54) is 19.2 Å². The molecule has 2 aliphatic heterocycles. The first kappa shape index (κ1) is 37.5. The normalized spacial score (nSPS) is 25.9. The molecule has 3 fully saturated rings. The van der Waals surface area contributed by atoms with Crippen molar-refractivity contribution in [3.63, 3.8) is 0 Å². The zero-order chi connectivity index (χ0) is 40.0. The largest absolute Gasteiger partial charge is 0.507 e. The lowest BCUT2D eigenvalue weighted by molar-refractivity contribution is -0.142. The summed E-state index contributed by atoms with van der Waals surface area (Å²) in [4.78, 5) is 62.4. The van der Waals surface area contributed by atoms with Gasteiger partial charge in [0.25, 0.3) is 23.6 Å². The van der Waals surface area contributed by atoms with Crippen molar-refractivity contribution in [2.45, 2.75) is 37.3 Å². The van der Waals surface area contributed by atoms with Crippen LogP contribution in [0.2, 0.25) is 10.0 Å². The van der Waals surface area contributed by atoms with Crippen LogP contribution >= 0.6 is 23.2 Å². The SMILES string of the molecule is Cc1cccc(C2C3=CCC4C(=O)N(N(C)c5nc(C(F)(F)F)ccc5Cl)C(=O)C4C3CC3C(=O)N(Nc4ccc(F)cc4)C(=O)C32c2ccc(Cl)cc2)c1O. The van der Waals surface area contributed by atoms with Gasteiger partial charge in [-0.15, -0.1) is 0 Å². The number of benzene rings is 3. The first-order chi connectivity index (χ1) is 26.5. The third-order valence-electron chi connectivity index (χ3n) is 11.5. The van der Waals surface area contributed by atoms with E-state index in [9.17, 15) is 37.1 Å². The number of carbonyl (C=O) groups excluding carboxylic acids is 4. The third-order valence-corrected chi connectivity index (χ3v) is 12.1. The first-order valence-electron chi connectivity index (χ1n) is 17.6. The van der Waals surface area contributed by atoms with Crippen molar-refractivity contribution < 1.29 is 41.8 Å². The molecule has 4 amide bonds. The number of fused-ring (bicyclic) bond motifs is 4. The van der Waals surface area contributed by atoms with Crippen LogP contribution in [0.1, 0.15) is 41.1 Å². The standard InChI is InChI=1S/C40H31Cl2F4N5O5/c1-19-4-3-5-26(33(19)52)32-24-14-15-25-31(37(55)51(35(25)53)49(2)34-29(42)16-17-30(47-34)40(44,45)46)27(24)18-28-36(54)50(48-23-12-10-22(43)11-13-23)38(56)39(28,32)20-6-8-21(41)9-7-20/h3-14,16-17,25,27-28,31-32,48,52H,15,18H2,1-2H3. The van der Waals surface area contributed by atoms with Gasteiger partial charge in [-0.2, -0.15) is 23.2 Å². The van der Waals surface area contributed by atoms with Crippen molar-refractivity contribution in [3.8, 4) is 5.75 Å². The van der Waals surface area contributed by atoms with Crippen LogP contribution in [0.15, 0.2) is 90.5 Å². The molecule has 4 aromatic rings. The summed E-state index contributed by atoms with van der Waals surface area (Å²) in [5, 5.41) is 14.4. The van der Waals surface area contributed by atoms with Gasteiger partial charge in [-0.25, -0.2) is 9.37 Å². The minimum Gasteiger partial charge on any atom is -0.507 e. The van der Waals surface area contributed by atoms with Crippen LogP contribution in [0.3, 0.4) is 0 Å². The lowest BCUT2D eigenvalue weighted by atomic mass is 9.49. The van der Waals surface area contributed by atoms with Crippen LogP contribution in [0.25, 0.3) is 0 Å². The summed E-state index contributed by atoms with van der Waals surface area (Å²) in [5.74, 6) is -9.17. The highest BCUT2D eigenvalue weighted by molar-refractivity contribution is 6.33. The average Bonchev–Trinajstić information content (AvgIpc) is 3.54. The fourth-order valence-electron chi connectivity index (χ4n) is 9.10. The van der Waals surface area contributed by atoms with Crippen molar-refractivity contribution in [1.29, 1.82) is 0 Å². The Morgan fingerprint density at radius 2 is 1.61 bits per heavy atom. The second kappa shape index (κ2) is 13.3. The molecule has 8 rings (SSSR count). The summed E-state index contributed by atoms with van der Waals surface area (Å²) in [5.41, 5.74) is 1.80. The van der Waals surface area contributed by atoms with Crippen LogP contribution in [-0.2, 0) is 30.8 Å². The molecule has 288 valence electrons. The topological polar surface area (TPSA) is 123 Å². The van der Waals surface area contributed by atoms with Crippen molar-refractivity contribution in [1.82, 2.24) is 15.0 Å². The van der Waals surface area contributed by atoms with Crippen molar-refractivity contribution >= 4 is 58.3 Å². The Kier molecular flexibility index (Phi) is 8.92. The van der Waals surface area contributed by atoms with Gasteiger partial charge in [-0.3, -0.25) is 29.6 Å². The van der Waals surface area contributed by atoms with Crippen LogP contribution in [-0.4, -0.2) is 50.8 Å². The van der Waals surface area contributed by atoms with Gasteiger partial charge in [-0.05, 0) is 85.3 Å². The number of hydrazine groups is 2. The van der Waals surface area contributed by atoms with Gasteiger partial charge in [0.15, 0.2) is 5.82 Å². The molecular formula is C40H31Cl2F4N5O5. The van der Waals surface area contributed by atoms with Crippen molar-refractivity contribution in [2.24, 2.45) is 23.7 Å². The maximum absolute atomic E-state index is 15.2. The number of alkyl halides is 3. The van der Waals surface area contributed by atoms with E-state index >= 15 is 4.79 Å². The summed E-state index contributed by atoms with van der Waals surface area (Å²) in [6.45, 7) is 1.68. The van der Waals surface area contributed by atoms with Crippen molar-refractivity contribution in [2.75, 3.05) is 17.5 Å². The Morgan fingerprint density at radius 1 is 0.911 bits per heavy atom. The van der Waals surface area contributed by atoms with E-state index in [-0.39, 0.29) is 29.3 Å². The summed E-state index contributed by atoms with van der Waals surface area (Å²) >= 11 is 12.6. The number of phenolic OH excluding ortho intramolecular Hbond substituents is 1. The molecule has 0 radical (unpaired) electrons. The van der Waals surface area contributed by atoms with E-state index in [2.05, 4.69) is 10.4 Å². The van der Waals surface area contributed by atoms with E-state index in [1.807, 2.05) is 0 Å². The smallest absolute Gasteiger partial charge is 0.433 e. The number of allylic oxidation sites excluding steroid dienone is 2. The fourth-order valence-corrected chi connectivity index (χ4v) is 9.46. The maximum atomic E-state index is 15.2. The molecule has 3 aromatic carbocycles. The number of anilines is 2. The maximum Gasteiger partial charge on any atom is 0.433 e. The first-order valence-corrected chi connectivity index (χ1v) is 18.3. The Balaban J connectivity index is 1.29. The van der Waals surface area contributed by atoms with Crippen molar-refractivity contribution in [3.05, 3.63) is 129 Å². The Bertz CT molecular complexity index is 2360. The number of rotatable bonds is 6. The number of aromatic hydroxyl groups is 1. The lowest BCUT2D eigenvalue weighted by Crippen LogP contribution is -2.53. The van der Waals surface area contributed by atoms with Gasteiger partial charge >= 0.3 is 6.18 Å². The molecule has 2 N–H and O–H groups in total. The third kappa shape index (κ3) is 5.55. The number of carbonyl (C=O) groups is 4. The average molecular weight is 809 g/mol. The molecule has 4 aliphatic rings. The Labute approximate surface area is 327 Å². The summed E-state index contributed by atoms with van der Waals surface area (Å²) in [6.07, 6.45) is -3.18. The highest BCUT2D eigenvalue weighted by Gasteiger charge is 2.71. The number of amides is 4. The number of phenols is 1. The van der Waals surface area contributed by atoms with Crippen LogP contribution in [0.4, 0.5) is 29.1 Å². The molecule has 6 atom stereocenters. The van der Waals surface area contributed by atoms with Crippen LogP contribution < -0.4 is 10.4 Å². The number of halogens is 6. The molecule has 1 saturated carbocycles. The van der Waals surface area contributed by atoms with E-state index in [0.717, 1.165) is 33.2 Å².